The summed E-state index contributed by atoms with van der Waals surface area (Å²) in [6.45, 7) is 2.95. The summed E-state index contributed by atoms with van der Waals surface area (Å²) in [5, 5.41) is 18.8. The van der Waals surface area contributed by atoms with E-state index < -0.39 is 0 Å². The molecule has 4 heteroatoms. The van der Waals surface area contributed by atoms with E-state index in [2.05, 4.69) is 6.92 Å². The SMILES string of the molecule is CCCC(Cc1ccc(O)c(O)c1)N1CCCC1=O. The summed E-state index contributed by atoms with van der Waals surface area (Å²) >= 11 is 0. The van der Waals surface area contributed by atoms with Crippen molar-refractivity contribution in [2.45, 2.75) is 45.1 Å². The van der Waals surface area contributed by atoms with Crippen LogP contribution in [0.15, 0.2) is 18.2 Å². The summed E-state index contributed by atoms with van der Waals surface area (Å²) in [7, 11) is 0. The number of rotatable bonds is 5. The van der Waals surface area contributed by atoms with Crippen molar-refractivity contribution in [3.63, 3.8) is 0 Å². The predicted octanol–water partition coefficient (Wildman–Crippen LogP) is 2.43. The molecule has 2 N–H and O–H groups in total. The molecular formula is C15H21NO3. The molecule has 104 valence electrons. The molecule has 0 spiro atoms. The summed E-state index contributed by atoms with van der Waals surface area (Å²) in [5.41, 5.74) is 0.952. The van der Waals surface area contributed by atoms with Gasteiger partial charge in [-0.2, -0.15) is 0 Å². The number of likely N-dealkylation sites (tertiary alicyclic amines) is 1. The van der Waals surface area contributed by atoms with Gasteiger partial charge < -0.3 is 15.1 Å². The molecule has 1 unspecified atom stereocenters. The lowest BCUT2D eigenvalue weighted by atomic mass is 10.0. The van der Waals surface area contributed by atoms with Crippen LogP contribution in [0.25, 0.3) is 0 Å². The summed E-state index contributed by atoms with van der Waals surface area (Å²) in [4.78, 5) is 13.8. The van der Waals surface area contributed by atoms with Gasteiger partial charge in [0.15, 0.2) is 11.5 Å². The van der Waals surface area contributed by atoms with Crippen molar-refractivity contribution in [1.29, 1.82) is 0 Å². The predicted molar refractivity (Wildman–Crippen MR) is 73.1 cm³/mol. The maximum Gasteiger partial charge on any atom is 0.222 e. The standard InChI is InChI=1S/C15H21NO3/c1-2-4-12(16-8-3-5-15(16)19)9-11-6-7-13(17)14(18)10-11/h6-7,10,12,17-18H,2-5,8-9H2,1H3. The highest BCUT2D eigenvalue weighted by molar-refractivity contribution is 5.78. The Balaban J connectivity index is 2.11. The van der Waals surface area contributed by atoms with Crippen LogP contribution < -0.4 is 0 Å². The van der Waals surface area contributed by atoms with E-state index in [-0.39, 0.29) is 23.4 Å². The van der Waals surface area contributed by atoms with Gasteiger partial charge in [-0.1, -0.05) is 19.4 Å². The number of carbonyl (C=O) groups is 1. The molecule has 0 bridgehead atoms. The van der Waals surface area contributed by atoms with Crippen molar-refractivity contribution in [3.8, 4) is 11.5 Å². The Morgan fingerprint density at radius 1 is 1.32 bits per heavy atom. The molecule has 0 aromatic heterocycles. The number of phenols is 2. The second-order valence-electron chi connectivity index (χ2n) is 5.16. The zero-order chi connectivity index (χ0) is 13.8. The van der Waals surface area contributed by atoms with Crippen LogP contribution in [0.5, 0.6) is 11.5 Å². The highest BCUT2D eigenvalue weighted by atomic mass is 16.3. The van der Waals surface area contributed by atoms with Crippen molar-refractivity contribution in [3.05, 3.63) is 23.8 Å². The molecule has 4 nitrogen and oxygen atoms in total. The summed E-state index contributed by atoms with van der Waals surface area (Å²) in [6, 6.07) is 5.08. The van der Waals surface area contributed by atoms with Crippen LogP contribution >= 0.6 is 0 Å². The van der Waals surface area contributed by atoms with Gasteiger partial charge in [0, 0.05) is 19.0 Å². The molecule has 1 aliphatic heterocycles. The highest BCUT2D eigenvalue weighted by Crippen LogP contribution is 2.27. The second kappa shape index (κ2) is 5.95. The topological polar surface area (TPSA) is 60.8 Å². The number of aromatic hydroxyl groups is 2. The normalized spacial score (nSPS) is 16.9. The Bertz CT molecular complexity index is 459. The van der Waals surface area contributed by atoms with Crippen LogP contribution in [0, 0.1) is 0 Å². The molecule has 19 heavy (non-hydrogen) atoms. The van der Waals surface area contributed by atoms with Gasteiger partial charge in [-0.25, -0.2) is 0 Å². The maximum absolute atomic E-state index is 11.8. The quantitative estimate of drug-likeness (QED) is 0.802. The average molecular weight is 263 g/mol. The van der Waals surface area contributed by atoms with Crippen LogP contribution in [0.1, 0.15) is 38.2 Å². The van der Waals surface area contributed by atoms with Crippen LogP contribution in [-0.2, 0) is 11.2 Å². The molecule has 0 saturated carbocycles. The van der Waals surface area contributed by atoms with Gasteiger partial charge in [0.1, 0.15) is 0 Å². The minimum atomic E-state index is -0.104. The van der Waals surface area contributed by atoms with E-state index in [9.17, 15) is 15.0 Å². The first-order valence-electron chi connectivity index (χ1n) is 6.92. The molecule has 1 atom stereocenters. The first-order valence-corrected chi connectivity index (χ1v) is 6.92. The zero-order valence-corrected chi connectivity index (χ0v) is 11.3. The van der Waals surface area contributed by atoms with Crippen molar-refractivity contribution >= 4 is 5.91 Å². The van der Waals surface area contributed by atoms with Gasteiger partial charge in [0.2, 0.25) is 5.91 Å². The number of phenolic OH excluding ortho intramolecular Hbond substituents is 2. The van der Waals surface area contributed by atoms with E-state index in [1.54, 1.807) is 12.1 Å². The van der Waals surface area contributed by atoms with Crippen molar-refractivity contribution < 1.29 is 15.0 Å². The lowest BCUT2D eigenvalue weighted by Crippen LogP contribution is -2.37. The Morgan fingerprint density at radius 2 is 2.11 bits per heavy atom. The second-order valence-corrected chi connectivity index (χ2v) is 5.16. The lowest BCUT2D eigenvalue weighted by molar-refractivity contribution is -0.129. The molecule has 2 rings (SSSR count). The van der Waals surface area contributed by atoms with E-state index in [1.807, 2.05) is 4.90 Å². The first kappa shape index (κ1) is 13.7. The van der Waals surface area contributed by atoms with E-state index in [0.29, 0.717) is 6.42 Å². The summed E-state index contributed by atoms with van der Waals surface area (Å²) in [6.07, 6.45) is 4.32. The molecule has 1 saturated heterocycles. The van der Waals surface area contributed by atoms with Gasteiger partial charge in [-0.15, -0.1) is 0 Å². The fourth-order valence-corrected chi connectivity index (χ4v) is 2.72. The number of amides is 1. The van der Waals surface area contributed by atoms with Crippen LogP contribution in [0.2, 0.25) is 0 Å². The number of benzene rings is 1. The molecule has 1 fully saturated rings. The maximum atomic E-state index is 11.8. The third-order valence-electron chi connectivity index (χ3n) is 3.68. The fraction of sp³-hybridized carbons (Fsp3) is 0.533. The molecule has 1 aromatic rings. The largest absolute Gasteiger partial charge is 0.504 e. The minimum Gasteiger partial charge on any atom is -0.504 e. The first-order chi connectivity index (χ1) is 9.11. The molecule has 1 heterocycles. The fourth-order valence-electron chi connectivity index (χ4n) is 2.72. The molecule has 1 aliphatic rings. The van der Waals surface area contributed by atoms with Crippen LogP contribution in [-0.4, -0.2) is 33.6 Å². The Hall–Kier alpha value is -1.71. The summed E-state index contributed by atoms with van der Waals surface area (Å²) in [5.74, 6) is 0.0370. The minimum absolute atomic E-state index is 0.0968. The van der Waals surface area contributed by atoms with Crippen molar-refractivity contribution in [2.75, 3.05) is 6.54 Å². The van der Waals surface area contributed by atoms with Gasteiger partial charge in [-0.3, -0.25) is 4.79 Å². The Kier molecular flexibility index (Phi) is 4.30. The molecule has 1 aromatic carbocycles. The highest BCUT2D eigenvalue weighted by Gasteiger charge is 2.27. The number of hydrogen-bond acceptors (Lipinski definition) is 3. The van der Waals surface area contributed by atoms with Crippen LogP contribution in [0.4, 0.5) is 0 Å². The summed E-state index contributed by atoms with van der Waals surface area (Å²) < 4.78 is 0. The van der Waals surface area contributed by atoms with Crippen molar-refractivity contribution in [1.82, 2.24) is 4.90 Å². The Labute approximate surface area is 113 Å². The third-order valence-corrected chi connectivity index (χ3v) is 3.68. The smallest absolute Gasteiger partial charge is 0.222 e. The van der Waals surface area contributed by atoms with E-state index >= 15 is 0 Å². The third kappa shape index (κ3) is 3.19. The van der Waals surface area contributed by atoms with Gasteiger partial charge in [0.05, 0.1) is 0 Å². The van der Waals surface area contributed by atoms with Crippen molar-refractivity contribution in [2.24, 2.45) is 0 Å². The van der Waals surface area contributed by atoms with Gasteiger partial charge in [-0.05, 0) is 37.0 Å². The molecule has 0 radical (unpaired) electrons. The molecule has 1 amide bonds. The monoisotopic (exact) mass is 263 g/mol. The van der Waals surface area contributed by atoms with E-state index in [4.69, 9.17) is 0 Å². The number of nitrogens with zero attached hydrogens (tertiary/aromatic N) is 1. The van der Waals surface area contributed by atoms with Crippen LogP contribution in [0.3, 0.4) is 0 Å². The zero-order valence-electron chi connectivity index (χ0n) is 11.3. The van der Waals surface area contributed by atoms with E-state index in [1.165, 1.54) is 6.07 Å². The lowest BCUT2D eigenvalue weighted by Gasteiger charge is -2.27. The molecular weight excluding hydrogens is 242 g/mol. The average Bonchev–Trinajstić information content (AvgIpc) is 2.79. The van der Waals surface area contributed by atoms with E-state index in [0.717, 1.165) is 37.8 Å². The number of hydrogen-bond donors (Lipinski definition) is 2. The van der Waals surface area contributed by atoms with Gasteiger partial charge >= 0.3 is 0 Å². The number of carbonyl (C=O) groups excluding carboxylic acids is 1. The Morgan fingerprint density at radius 3 is 2.68 bits per heavy atom. The van der Waals surface area contributed by atoms with Gasteiger partial charge in [0.25, 0.3) is 0 Å². The molecule has 0 aliphatic carbocycles.